The van der Waals surface area contributed by atoms with Crippen molar-refractivity contribution in [2.24, 2.45) is 0 Å². The van der Waals surface area contributed by atoms with Crippen molar-refractivity contribution in [3.05, 3.63) is 89.3 Å². The van der Waals surface area contributed by atoms with Crippen LogP contribution in [0.3, 0.4) is 0 Å². The number of hydrogen-bond donors (Lipinski definition) is 2. The maximum Gasteiger partial charge on any atom is 0.274 e. The second kappa shape index (κ2) is 7.87. The van der Waals surface area contributed by atoms with Gasteiger partial charge in [0.15, 0.2) is 17.5 Å². The molecule has 0 bridgehead atoms. The Morgan fingerprint density at radius 1 is 0.750 bits per heavy atom. The van der Waals surface area contributed by atoms with Gasteiger partial charge in [0.05, 0.1) is 11.4 Å². The van der Waals surface area contributed by atoms with Gasteiger partial charge in [0.2, 0.25) is 0 Å². The minimum atomic E-state index is -1.72. The summed E-state index contributed by atoms with van der Waals surface area (Å²) in [5, 5.41) is 4.39. The van der Waals surface area contributed by atoms with Gasteiger partial charge in [0.1, 0.15) is 11.5 Å². The fourth-order valence-electron chi connectivity index (χ4n) is 2.26. The number of halogens is 4. The molecule has 2 N–H and O–H groups in total. The molecule has 0 atom stereocenters. The van der Waals surface area contributed by atoms with E-state index in [2.05, 4.69) is 15.6 Å². The quantitative estimate of drug-likeness (QED) is 0.520. The Morgan fingerprint density at radius 2 is 1.46 bits per heavy atom. The summed E-state index contributed by atoms with van der Waals surface area (Å²) in [6, 6.07) is 9.31. The second-order valence-electron chi connectivity index (χ2n) is 5.54. The highest BCUT2D eigenvalue weighted by Crippen LogP contribution is 2.20. The largest absolute Gasteiger partial charge is 0.319 e. The molecule has 5 nitrogen and oxygen atoms in total. The number of carbonyl (C=O) groups is 2. The maximum absolute atomic E-state index is 13.7. The van der Waals surface area contributed by atoms with E-state index < -0.39 is 40.8 Å². The predicted molar refractivity (Wildman–Crippen MR) is 92.9 cm³/mol. The molecular weight excluding hydrogens is 378 g/mol. The molecule has 28 heavy (non-hydrogen) atoms. The number of para-hydroxylation sites is 1. The first kappa shape index (κ1) is 19.0. The lowest BCUT2D eigenvalue weighted by Crippen LogP contribution is -2.18. The Hall–Kier alpha value is -3.75. The van der Waals surface area contributed by atoms with Crippen molar-refractivity contribution < 1.29 is 27.2 Å². The third kappa shape index (κ3) is 3.98. The fraction of sp³-hybridized carbons (Fsp3) is 0. The average molecular weight is 389 g/mol. The highest BCUT2D eigenvalue weighted by Gasteiger charge is 2.17. The minimum Gasteiger partial charge on any atom is -0.319 e. The van der Waals surface area contributed by atoms with Crippen molar-refractivity contribution in [3.63, 3.8) is 0 Å². The molecule has 0 unspecified atom stereocenters. The van der Waals surface area contributed by atoms with Gasteiger partial charge in [0.25, 0.3) is 11.8 Å². The first-order chi connectivity index (χ1) is 13.4. The van der Waals surface area contributed by atoms with E-state index in [1.54, 1.807) is 0 Å². The van der Waals surface area contributed by atoms with Gasteiger partial charge in [0, 0.05) is 11.8 Å². The van der Waals surface area contributed by atoms with Crippen LogP contribution in [0, 0.1) is 23.3 Å². The van der Waals surface area contributed by atoms with Gasteiger partial charge in [-0.25, -0.2) is 17.6 Å². The summed E-state index contributed by atoms with van der Waals surface area (Å²) >= 11 is 0. The molecule has 0 fully saturated rings. The normalized spacial score (nSPS) is 10.4. The lowest BCUT2D eigenvalue weighted by molar-refractivity contribution is 0.102. The van der Waals surface area contributed by atoms with E-state index in [0.29, 0.717) is 6.07 Å². The summed E-state index contributed by atoms with van der Waals surface area (Å²) in [6.07, 6.45) is 1.15. The molecule has 1 aromatic heterocycles. The van der Waals surface area contributed by atoms with Crippen molar-refractivity contribution in [2.45, 2.75) is 0 Å². The molecule has 9 heteroatoms. The number of aromatic nitrogens is 1. The van der Waals surface area contributed by atoms with Crippen LogP contribution in [0.2, 0.25) is 0 Å². The number of nitrogens with one attached hydrogen (secondary N) is 2. The summed E-state index contributed by atoms with van der Waals surface area (Å²) in [6.45, 7) is 0. The number of benzene rings is 2. The van der Waals surface area contributed by atoms with Crippen molar-refractivity contribution in [3.8, 4) is 0 Å². The Labute approximate surface area is 156 Å². The van der Waals surface area contributed by atoms with Crippen LogP contribution >= 0.6 is 0 Å². The van der Waals surface area contributed by atoms with Gasteiger partial charge in [-0.2, -0.15) is 0 Å². The zero-order chi connectivity index (χ0) is 20.3. The third-order valence-electron chi connectivity index (χ3n) is 3.66. The van der Waals surface area contributed by atoms with Gasteiger partial charge in [-0.15, -0.1) is 0 Å². The Kier molecular flexibility index (Phi) is 5.35. The molecule has 2 aromatic carbocycles. The van der Waals surface area contributed by atoms with E-state index in [4.69, 9.17) is 0 Å². The average Bonchev–Trinajstić information content (AvgIpc) is 2.70. The highest BCUT2D eigenvalue weighted by molar-refractivity contribution is 6.07. The molecule has 0 saturated carbocycles. The Balaban J connectivity index is 1.79. The van der Waals surface area contributed by atoms with Crippen molar-refractivity contribution in [1.29, 1.82) is 0 Å². The van der Waals surface area contributed by atoms with Crippen LogP contribution in [0.15, 0.2) is 54.7 Å². The first-order valence-electron chi connectivity index (χ1n) is 7.83. The van der Waals surface area contributed by atoms with Crippen molar-refractivity contribution >= 4 is 23.2 Å². The molecule has 0 aliphatic carbocycles. The Morgan fingerprint density at radius 3 is 2.21 bits per heavy atom. The highest BCUT2D eigenvalue weighted by atomic mass is 19.2. The third-order valence-corrected chi connectivity index (χ3v) is 3.66. The van der Waals surface area contributed by atoms with Crippen LogP contribution in [-0.2, 0) is 0 Å². The molecule has 0 aliphatic rings. The van der Waals surface area contributed by atoms with Gasteiger partial charge in [-0.3, -0.25) is 14.6 Å². The van der Waals surface area contributed by atoms with Crippen LogP contribution in [-0.4, -0.2) is 16.8 Å². The fourth-order valence-corrected chi connectivity index (χ4v) is 2.26. The predicted octanol–water partition coefficient (Wildman–Crippen LogP) is 4.14. The van der Waals surface area contributed by atoms with Gasteiger partial charge < -0.3 is 10.6 Å². The summed E-state index contributed by atoms with van der Waals surface area (Å²) < 4.78 is 53.5. The van der Waals surface area contributed by atoms with Crippen LogP contribution in [0.25, 0.3) is 0 Å². The maximum atomic E-state index is 13.7. The van der Waals surface area contributed by atoms with Crippen LogP contribution in [0.5, 0.6) is 0 Å². The summed E-state index contributed by atoms with van der Waals surface area (Å²) in [4.78, 5) is 28.2. The number of pyridine rings is 1. The van der Waals surface area contributed by atoms with Gasteiger partial charge in [-0.1, -0.05) is 12.1 Å². The molecule has 0 saturated heterocycles. The van der Waals surface area contributed by atoms with Crippen molar-refractivity contribution in [2.75, 3.05) is 10.6 Å². The molecule has 2 amide bonds. The second-order valence-corrected chi connectivity index (χ2v) is 5.54. The standard InChI is InChI=1S/C19H11F4N3O2/c20-11-3-1-2-4-13(11)25-19(28)15-9-10(7-8-24-15)18(27)26-14-6-5-12(21)16(22)17(14)23/h1-9H,(H,25,28)(H,26,27). The van der Waals surface area contributed by atoms with Gasteiger partial charge >= 0.3 is 0 Å². The number of carbonyl (C=O) groups excluding carboxylic acids is 2. The zero-order valence-electron chi connectivity index (χ0n) is 14.0. The van der Waals surface area contributed by atoms with E-state index in [9.17, 15) is 27.2 Å². The monoisotopic (exact) mass is 389 g/mol. The number of rotatable bonds is 4. The smallest absolute Gasteiger partial charge is 0.274 e. The first-order valence-corrected chi connectivity index (χ1v) is 7.83. The Bertz CT molecular complexity index is 1070. The van der Waals surface area contributed by atoms with E-state index in [-0.39, 0.29) is 16.9 Å². The zero-order valence-corrected chi connectivity index (χ0v) is 14.0. The number of nitrogens with zero attached hydrogens (tertiary/aromatic N) is 1. The minimum absolute atomic E-state index is 0.0759. The van der Waals surface area contributed by atoms with E-state index in [1.807, 2.05) is 0 Å². The number of hydrogen-bond acceptors (Lipinski definition) is 3. The summed E-state index contributed by atoms with van der Waals surface area (Å²) in [5.41, 5.74) is -0.953. The molecule has 1 heterocycles. The van der Waals surface area contributed by atoms with E-state index >= 15 is 0 Å². The van der Waals surface area contributed by atoms with Crippen LogP contribution in [0.1, 0.15) is 20.8 Å². The number of anilines is 2. The van der Waals surface area contributed by atoms with E-state index in [1.165, 1.54) is 24.3 Å². The molecule has 3 rings (SSSR count). The molecule has 3 aromatic rings. The van der Waals surface area contributed by atoms with Crippen LogP contribution in [0.4, 0.5) is 28.9 Å². The van der Waals surface area contributed by atoms with Crippen LogP contribution < -0.4 is 10.6 Å². The molecule has 0 radical (unpaired) electrons. The summed E-state index contributed by atoms with van der Waals surface area (Å²) in [7, 11) is 0. The molecular formula is C19H11F4N3O2. The number of amides is 2. The lowest BCUT2D eigenvalue weighted by atomic mass is 10.2. The molecule has 0 aliphatic heterocycles. The molecule has 142 valence electrons. The SMILES string of the molecule is O=C(Nc1ccc(F)c(F)c1F)c1ccnc(C(=O)Nc2ccccc2F)c1. The molecule has 0 spiro atoms. The summed E-state index contributed by atoms with van der Waals surface area (Å²) in [5.74, 6) is -6.99. The topological polar surface area (TPSA) is 71.1 Å². The lowest BCUT2D eigenvalue weighted by Gasteiger charge is -2.09. The van der Waals surface area contributed by atoms with Crippen molar-refractivity contribution in [1.82, 2.24) is 4.98 Å². The van der Waals surface area contributed by atoms with E-state index in [0.717, 1.165) is 24.4 Å². The van der Waals surface area contributed by atoms with Gasteiger partial charge in [-0.05, 0) is 36.4 Å².